The van der Waals surface area contributed by atoms with E-state index in [9.17, 15) is 0 Å². The molecule has 122 valence electrons. The summed E-state index contributed by atoms with van der Waals surface area (Å²) in [6.07, 6.45) is 0. The molecule has 0 amide bonds. The quantitative estimate of drug-likeness (QED) is 0.610. The van der Waals surface area contributed by atoms with Crippen molar-refractivity contribution in [1.82, 2.24) is 0 Å². The lowest BCUT2D eigenvalue weighted by Gasteiger charge is -2.11. The number of aryl methyl sites for hydroxylation is 1. The molecule has 0 heterocycles. The molecule has 24 heavy (non-hydrogen) atoms. The molecule has 0 unspecified atom stereocenters. The van der Waals surface area contributed by atoms with Gasteiger partial charge in [0.25, 0.3) is 0 Å². The van der Waals surface area contributed by atoms with Crippen LogP contribution >= 0.6 is 11.6 Å². The maximum absolute atomic E-state index is 5.98. The summed E-state index contributed by atoms with van der Waals surface area (Å²) in [7, 11) is 0. The molecule has 0 saturated heterocycles. The van der Waals surface area contributed by atoms with Crippen LogP contribution in [0.1, 0.15) is 16.7 Å². The van der Waals surface area contributed by atoms with Crippen LogP contribution in [0.25, 0.3) is 0 Å². The van der Waals surface area contributed by atoms with Gasteiger partial charge in [0, 0.05) is 17.3 Å². The Hall–Kier alpha value is -2.45. The van der Waals surface area contributed by atoms with Crippen LogP contribution < -0.4 is 10.1 Å². The summed E-state index contributed by atoms with van der Waals surface area (Å²) in [5, 5.41) is 4.20. The number of anilines is 1. The van der Waals surface area contributed by atoms with Crippen molar-refractivity contribution in [1.29, 1.82) is 0 Å². The Bertz CT molecular complexity index is 785. The second-order valence-electron chi connectivity index (χ2n) is 5.73. The largest absolute Gasteiger partial charge is 0.489 e. The molecule has 0 aliphatic carbocycles. The highest BCUT2D eigenvalue weighted by molar-refractivity contribution is 6.30. The summed E-state index contributed by atoms with van der Waals surface area (Å²) in [6.45, 7) is 3.40. The lowest BCUT2D eigenvalue weighted by Crippen LogP contribution is -2.01. The predicted octanol–water partition coefficient (Wildman–Crippen LogP) is 5.84. The van der Waals surface area contributed by atoms with E-state index in [0.29, 0.717) is 6.61 Å². The van der Waals surface area contributed by atoms with Crippen molar-refractivity contribution >= 4 is 17.3 Å². The molecule has 0 spiro atoms. The highest BCUT2D eigenvalue weighted by Gasteiger charge is 2.00. The van der Waals surface area contributed by atoms with Crippen molar-refractivity contribution in [3.8, 4) is 5.75 Å². The molecule has 0 saturated carbocycles. The monoisotopic (exact) mass is 337 g/mol. The van der Waals surface area contributed by atoms with Crippen LogP contribution in [0.15, 0.2) is 72.8 Å². The van der Waals surface area contributed by atoms with Crippen LogP contribution in [0, 0.1) is 6.92 Å². The van der Waals surface area contributed by atoms with Crippen LogP contribution in [0.3, 0.4) is 0 Å². The molecule has 0 fully saturated rings. The Labute approximate surface area is 148 Å². The Kier molecular flexibility index (Phi) is 5.39. The fourth-order valence-electron chi connectivity index (χ4n) is 2.47. The zero-order valence-corrected chi connectivity index (χ0v) is 14.4. The number of benzene rings is 3. The Morgan fingerprint density at radius 2 is 1.62 bits per heavy atom. The summed E-state index contributed by atoms with van der Waals surface area (Å²) in [4.78, 5) is 0. The molecule has 0 aromatic heterocycles. The molecule has 0 bridgehead atoms. The van der Waals surface area contributed by atoms with Crippen LogP contribution in [-0.4, -0.2) is 0 Å². The van der Waals surface area contributed by atoms with Crippen LogP contribution in [-0.2, 0) is 13.2 Å². The van der Waals surface area contributed by atoms with Crippen molar-refractivity contribution in [2.45, 2.75) is 20.1 Å². The first-order chi connectivity index (χ1) is 11.7. The summed E-state index contributed by atoms with van der Waals surface area (Å²) < 4.78 is 5.81. The van der Waals surface area contributed by atoms with Gasteiger partial charge in [-0.2, -0.15) is 0 Å². The van der Waals surface area contributed by atoms with Crippen molar-refractivity contribution in [3.63, 3.8) is 0 Å². The Balaban J connectivity index is 1.54. The lowest BCUT2D eigenvalue weighted by molar-refractivity contribution is 0.306. The number of hydrogen-bond acceptors (Lipinski definition) is 2. The van der Waals surface area contributed by atoms with E-state index in [1.54, 1.807) is 0 Å². The van der Waals surface area contributed by atoms with Crippen molar-refractivity contribution in [2.75, 3.05) is 5.32 Å². The van der Waals surface area contributed by atoms with E-state index in [0.717, 1.165) is 28.6 Å². The number of nitrogens with one attached hydrogen (secondary N) is 1. The fourth-order valence-corrected chi connectivity index (χ4v) is 2.69. The minimum Gasteiger partial charge on any atom is -0.489 e. The van der Waals surface area contributed by atoms with Gasteiger partial charge in [-0.15, -0.1) is 0 Å². The van der Waals surface area contributed by atoms with E-state index in [2.05, 4.69) is 36.5 Å². The second kappa shape index (κ2) is 7.89. The second-order valence-corrected chi connectivity index (χ2v) is 6.17. The molecule has 1 N–H and O–H groups in total. The summed E-state index contributed by atoms with van der Waals surface area (Å²) >= 11 is 5.98. The van der Waals surface area contributed by atoms with Gasteiger partial charge in [-0.3, -0.25) is 0 Å². The number of rotatable bonds is 6. The molecule has 3 aromatic carbocycles. The lowest BCUT2D eigenvalue weighted by atomic mass is 10.1. The fraction of sp³-hybridized carbons (Fsp3) is 0.143. The number of halogens is 1. The van der Waals surface area contributed by atoms with Gasteiger partial charge < -0.3 is 10.1 Å². The predicted molar refractivity (Wildman–Crippen MR) is 101 cm³/mol. The average Bonchev–Trinajstić information content (AvgIpc) is 2.61. The maximum Gasteiger partial charge on any atom is 0.119 e. The van der Waals surface area contributed by atoms with E-state index in [1.807, 2.05) is 48.5 Å². The maximum atomic E-state index is 5.98. The van der Waals surface area contributed by atoms with Crippen molar-refractivity contribution < 1.29 is 4.74 Å². The van der Waals surface area contributed by atoms with E-state index >= 15 is 0 Å². The first-order valence-corrected chi connectivity index (χ1v) is 8.34. The molecule has 0 aliphatic rings. The Morgan fingerprint density at radius 3 is 2.33 bits per heavy atom. The molecular formula is C21H20ClNO. The summed E-state index contributed by atoms with van der Waals surface area (Å²) in [5.74, 6) is 0.880. The van der Waals surface area contributed by atoms with E-state index in [1.165, 1.54) is 11.1 Å². The summed E-state index contributed by atoms with van der Waals surface area (Å²) in [5.41, 5.74) is 4.62. The van der Waals surface area contributed by atoms with Gasteiger partial charge in [0.1, 0.15) is 12.4 Å². The van der Waals surface area contributed by atoms with E-state index in [-0.39, 0.29) is 0 Å². The zero-order chi connectivity index (χ0) is 16.8. The standard InChI is InChI=1S/C21H20ClNO/c1-16-13-19(22)9-12-21(16)23-14-17-7-10-20(11-8-17)24-15-18-5-3-2-4-6-18/h2-13,23H,14-15H2,1H3. The molecule has 0 atom stereocenters. The van der Waals surface area contributed by atoms with Gasteiger partial charge >= 0.3 is 0 Å². The van der Waals surface area contributed by atoms with Crippen LogP contribution in [0.2, 0.25) is 5.02 Å². The van der Waals surface area contributed by atoms with Crippen molar-refractivity contribution in [3.05, 3.63) is 94.5 Å². The molecule has 3 aromatic rings. The molecule has 3 rings (SSSR count). The number of hydrogen-bond donors (Lipinski definition) is 1. The van der Waals surface area contributed by atoms with Gasteiger partial charge in [0.05, 0.1) is 0 Å². The minimum absolute atomic E-state index is 0.586. The topological polar surface area (TPSA) is 21.3 Å². The van der Waals surface area contributed by atoms with Crippen LogP contribution in [0.5, 0.6) is 5.75 Å². The third-order valence-electron chi connectivity index (χ3n) is 3.84. The normalized spacial score (nSPS) is 10.4. The zero-order valence-electron chi connectivity index (χ0n) is 13.6. The van der Waals surface area contributed by atoms with E-state index < -0.39 is 0 Å². The molecule has 0 radical (unpaired) electrons. The van der Waals surface area contributed by atoms with Gasteiger partial charge in [0.15, 0.2) is 0 Å². The Morgan fingerprint density at radius 1 is 0.875 bits per heavy atom. The molecule has 2 nitrogen and oxygen atoms in total. The summed E-state index contributed by atoms with van der Waals surface area (Å²) in [6, 6.07) is 24.2. The first kappa shape index (κ1) is 16.4. The molecule has 3 heteroatoms. The van der Waals surface area contributed by atoms with E-state index in [4.69, 9.17) is 16.3 Å². The highest BCUT2D eigenvalue weighted by atomic mass is 35.5. The SMILES string of the molecule is Cc1cc(Cl)ccc1NCc1ccc(OCc2ccccc2)cc1. The smallest absolute Gasteiger partial charge is 0.119 e. The third-order valence-corrected chi connectivity index (χ3v) is 4.08. The average molecular weight is 338 g/mol. The van der Waals surface area contributed by atoms with Gasteiger partial charge in [-0.25, -0.2) is 0 Å². The third kappa shape index (κ3) is 4.53. The van der Waals surface area contributed by atoms with Gasteiger partial charge in [-0.1, -0.05) is 54.1 Å². The minimum atomic E-state index is 0.586. The first-order valence-electron chi connectivity index (χ1n) is 7.96. The number of ether oxygens (including phenoxy) is 1. The van der Waals surface area contributed by atoms with Crippen molar-refractivity contribution in [2.24, 2.45) is 0 Å². The molecular weight excluding hydrogens is 318 g/mol. The van der Waals surface area contributed by atoms with Gasteiger partial charge in [0.2, 0.25) is 0 Å². The highest BCUT2D eigenvalue weighted by Crippen LogP contribution is 2.21. The van der Waals surface area contributed by atoms with Crippen LogP contribution in [0.4, 0.5) is 5.69 Å². The van der Waals surface area contributed by atoms with Gasteiger partial charge in [-0.05, 0) is 53.9 Å². The molecule has 0 aliphatic heterocycles.